The minimum atomic E-state index is 0.326. The first kappa shape index (κ1) is 15.4. The van der Waals surface area contributed by atoms with Gasteiger partial charge in [0.1, 0.15) is 5.76 Å². The summed E-state index contributed by atoms with van der Waals surface area (Å²) in [5.41, 5.74) is 8.16. The molecule has 0 radical (unpaired) electrons. The van der Waals surface area contributed by atoms with E-state index in [0.29, 0.717) is 12.0 Å². The Morgan fingerprint density at radius 3 is 2.88 bits per heavy atom. The quantitative estimate of drug-likeness (QED) is 0.611. The fourth-order valence-corrected chi connectivity index (χ4v) is 3.53. The van der Waals surface area contributed by atoms with Gasteiger partial charge in [0.05, 0.1) is 12.3 Å². The number of hydrogen-bond donors (Lipinski definition) is 3. The SMILES string of the molecule is c1coc(CCNCC2CNNC2c2cccc3ccccc23)c1. The van der Waals surface area contributed by atoms with Crippen LogP contribution in [0.4, 0.5) is 0 Å². The number of benzene rings is 2. The molecule has 2 unspecified atom stereocenters. The van der Waals surface area contributed by atoms with Gasteiger partial charge in [-0.1, -0.05) is 42.5 Å². The Balaban J connectivity index is 1.42. The van der Waals surface area contributed by atoms with Crippen LogP contribution in [-0.4, -0.2) is 19.6 Å². The lowest BCUT2D eigenvalue weighted by atomic mass is 9.91. The van der Waals surface area contributed by atoms with Crippen LogP contribution in [0, 0.1) is 5.92 Å². The first-order valence-electron chi connectivity index (χ1n) is 8.61. The van der Waals surface area contributed by atoms with E-state index in [9.17, 15) is 0 Å². The summed E-state index contributed by atoms with van der Waals surface area (Å²) in [5, 5.41) is 6.21. The summed E-state index contributed by atoms with van der Waals surface area (Å²) in [4.78, 5) is 0. The Bertz CT molecular complexity index is 779. The first-order valence-corrected chi connectivity index (χ1v) is 8.61. The molecule has 1 fully saturated rings. The van der Waals surface area contributed by atoms with Crippen molar-refractivity contribution in [3.63, 3.8) is 0 Å². The molecule has 1 aliphatic rings. The topological polar surface area (TPSA) is 49.2 Å². The van der Waals surface area contributed by atoms with Gasteiger partial charge in [-0.15, -0.1) is 0 Å². The molecule has 2 atom stereocenters. The number of furan rings is 1. The minimum Gasteiger partial charge on any atom is -0.469 e. The van der Waals surface area contributed by atoms with E-state index in [2.05, 4.69) is 58.6 Å². The third-order valence-electron chi connectivity index (χ3n) is 4.79. The summed E-state index contributed by atoms with van der Waals surface area (Å²) in [6.45, 7) is 2.89. The Kier molecular flexibility index (Phi) is 4.60. The third-order valence-corrected chi connectivity index (χ3v) is 4.79. The van der Waals surface area contributed by atoms with Crippen LogP contribution in [0.15, 0.2) is 65.3 Å². The third kappa shape index (κ3) is 3.22. The molecule has 4 nitrogen and oxygen atoms in total. The first-order chi connectivity index (χ1) is 11.9. The van der Waals surface area contributed by atoms with Gasteiger partial charge in [-0.3, -0.25) is 5.43 Å². The lowest BCUT2D eigenvalue weighted by Gasteiger charge is -2.21. The Labute approximate surface area is 142 Å². The normalized spacial score (nSPS) is 20.7. The fourth-order valence-electron chi connectivity index (χ4n) is 3.53. The van der Waals surface area contributed by atoms with Gasteiger partial charge in [0.25, 0.3) is 0 Å². The van der Waals surface area contributed by atoms with Crippen molar-refractivity contribution in [3.8, 4) is 0 Å². The average Bonchev–Trinajstić information content (AvgIpc) is 3.30. The predicted octanol–water partition coefficient (Wildman–Crippen LogP) is 3.03. The van der Waals surface area contributed by atoms with Crippen LogP contribution in [0.1, 0.15) is 17.4 Å². The van der Waals surface area contributed by atoms with Gasteiger partial charge in [-0.05, 0) is 28.5 Å². The van der Waals surface area contributed by atoms with Crippen molar-refractivity contribution in [2.24, 2.45) is 5.92 Å². The molecule has 1 saturated heterocycles. The van der Waals surface area contributed by atoms with E-state index in [-0.39, 0.29) is 0 Å². The molecule has 24 heavy (non-hydrogen) atoms. The highest BCUT2D eigenvalue weighted by Gasteiger charge is 2.28. The summed E-state index contributed by atoms with van der Waals surface area (Å²) in [7, 11) is 0. The molecule has 4 heteroatoms. The molecule has 1 aliphatic heterocycles. The zero-order valence-corrected chi connectivity index (χ0v) is 13.7. The van der Waals surface area contributed by atoms with Crippen LogP contribution in [0.3, 0.4) is 0 Å². The minimum absolute atomic E-state index is 0.326. The molecule has 4 rings (SSSR count). The lowest BCUT2D eigenvalue weighted by Crippen LogP contribution is -2.30. The number of hydrogen-bond acceptors (Lipinski definition) is 4. The van der Waals surface area contributed by atoms with E-state index in [1.54, 1.807) is 6.26 Å². The van der Waals surface area contributed by atoms with Crippen LogP contribution in [0.25, 0.3) is 10.8 Å². The number of hydrazine groups is 1. The van der Waals surface area contributed by atoms with Crippen molar-refractivity contribution >= 4 is 10.8 Å². The van der Waals surface area contributed by atoms with Crippen molar-refractivity contribution in [1.82, 2.24) is 16.2 Å². The largest absolute Gasteiger partial charge is 0.469 e. The van der Waals surface area contributed by atoms with Crippen LogP contribution < -0.4 is 16.2 Å². The van der Waals surface area contributed by atoms with Gasteiger partial charge in [-0.2, -0.15) is 0 Å². The maximum absolute atomic E-state index is 5.38. The molecule has 2 aromatic carbocycles. The lowest BCUT2D eigenvalue weighted by molar-refractivity contribution is 0.436. The molecular formula is C20H23N3O. The molecule has 0 aliphatic carbocycles. The molecule has 2 heterocycles. The van der Waals surface area contributed by atoms with Gasteiger partial charge in [0.15, 0.2) is 0 Å². The van der Waals surface area contributed by atoms with E-state index in [1.165, 1.54) is 16.3 Å². The molecule has 3 N–H and O–H groups in total. The van der Waals surface area contributed by atoms with Crippen molar-refractivity contribution in [3.05, 3.63) is 72.2 Å². The van der Waals surface area contributed by atoms with E-state index >= 15 is 0 Å². The molecule has 0 spiro atoms. The highest BCUT2D eigenvalue weighted by Crippen LogP contribution is 2.30. The molecular weight excluding hydrogens is 298 g/mol. The van der Waals surface area contributed by atoms with E-state index in [4.69, 9.17) is 4.42 Å². The second-order valence-corrected chi connectivity index (χ2v) is 6.36. The van der Waals surface area contributed by atoms with Gasteiger partial charge in [-0.25, -0.2) is 5.43 Å². The number of rotatable bonds is 6. The van der Waals surface area contributed by atoms with Crippen LogP contribution in [-0.2, 0) is 6.42 Å². The second kappa shape index (κ2) is 7.18. The van der Waals surface area contributed by atoms with Gasteiger partial charge in [0.2, 0.25) is 0 Å². The van der Waals surface area contributed by atoms with Gasteiger partial charge < -0.3 is 9.73 Å². The molecule has 0 amide bonds. The highest BCUT2D eigenvalue weighted by atomic mass is 16.3. The summed E-state index contributed by atoms with van der Waals surface area (Å²) in [5.74, 6) is 1.56. The zero-order valence-electron chi connectivity index (χ0n) is 13.7. The second-order valence-electron chi connectivity index (χ2n) is 6.36. The van der Waals surface area contributed by atoms with Crippen LogP contribution >= 0.6 is 0 Å². The van der Waals surface area contributed by atoms with Crippen molar-refractivity contribution in [2.45, 2.75) is 12.5 Å². The number of nitrogens with one attached hydrogen (secondary N) is 3. The predicted molar refractivity (Wildman–Crippen MR) is 96.6 cm³/mol. The summed E-state index contributed by atoms with van der Waals surface area (Å²) >= 11 is 0. The zero-order chi connectivity index (χ0) is 16.2. The van der Waals surface area contributed by atoms with Gasteiger partial charge >= 0.3 is 0 Å². The maximum Gasteiger partial charge on any atom is 0.105 e. The summed E-state index contributed by atoms with van der Waals surface area (Å²) in [6.07, 6.45) is 2.66. The molecule has 0 saturated carbocycles. The van der Waals surface area contributed by atoms with E-state index in [0.717, 1.165) is 31.8 Å². The van der Waals surface area contributed by atoms with Crippen LogP contribution in [0.5, 0.6) is 0 Å². The van der Waals surface area contributed by atoms with Gasteiger partial charge in [0, 0.05) is 32.0 Å². The van der Waals surface area contributed by atoms with Crippen molar-refractivity contribution in [2.75, 3.05) is 19.6 Å². The highest BCUT2D eigenvalue weighted by molar-refractivity contribution is 5.86. The smallest absolute Gasteiger partial charge is 0.105 e. The van der Waals surface area contributed by atoms with Crippen LogP contribution in [0.2, 0.25) is 0 Å². The Hall–Kier alpha value is -2.14. The maximum atomic E-state index is 5.38. The standard InChI is InChI=1S/C20H23N3O/c1-2-8-18-15(5-1)6-3-9-19(18)20-16(14-22-23-20)13-21-11-10-17-7-4-12-24-17/h1-9,12,16,20-23H,10-11,13-14H2. The monoisotopic (exact) mass is 321 g/mol. The molecule has 3 aromatic rings. The molecule has 124 valence electrons. The molecule has 0 bridgehead atoms. The average molecular weight is 321 g/mol. The summed E-state index contributed by atoms with van der Waals surface area (Å²) < 4.78 is 5.38. The van der Waals surface area contributed by atoms with E-state index in [1.807, 2.05) is 12.1 Å². The molecule has 1 aromatic heterocycles. The fraction of sp³-hybridized carbons (Fsp3) is 0.300. The Morgan fingerprint density at radius 1 is 1.04 bits per heavy atom. The summed E-state index contributed by atoms with van der Waals surface area (Å²) in [6, 6.07) is 19.5. The van der Waals surface area contributed by atoms with Crippen molar-refractivity contribution in [1.29, 1.82) is 0 Å². The number of fused-ring (bicyclic) bond motifs is 1. The van der Waals surface area contributed by atoms with E-state index < -0.39 is 0 Å². The van der Waals surface area contributed by atoms with Crippen molar-refractivity contribution < 1.29 is 4.42 Å². The Morgan fingerprint density at radius 2 is 1.96 bits per heavy atom.